The van der Waals surface area contributed by atoms with E-state index in [9.17, 15) is 9.59 Å². The first-order valence-electron chi connectivity index (χ1n) is 7.63. The molecular formula is C19H16N4O2. The standard InChI is InChI=1S/C19H16N4O2/c1-12(24)14-3-2-4-15(9-14)17-10-18(22-11-21-17)23-16-7-5-13(6-8-16)19(20)25/h2-11H,1H3,(H2,20,25)(H,21,22,23). The molecule has 3 rings (SSSR count). The van der Waals surface area contributed by atoms with Crippen molar-refractivity contribution >= 4 is 23.2 Å². The summed E-state index contributed by atoms with van der Waals surface area (Å²) in [5.41, 5.74) is 8.61. The zero-order valence-corrected chi connectivity index (χ0v) is 13.6. The summed E-state index contributed by atoms with van der Waals surface area (Å²) >= 11 is 0. The van der Waals surface area contributed by atoms with E-state index in [1.807, 2.05) is 12.1 Å². The molecule has 0 atom stereocenters. The molecule has 0 fully saturated rings. The van der Waals surface area contributed by atoms with Crippen molar-refractivity contribution in [2.75, 3.05) is 5.32 Å². The molecule has 2 aromatic carbocycles. The van der Waals surface area contributed by atoms with Crippen molar-refractivity contribution in [1.82, 2.24) is 9.97 Å². The van der Waals surface area contributed by atoms with Gasteiger partial charge in [-0.1, -0.05) is 18.2 Å². The molecule has 0 saturated heterocycles. The van der Waals surface area contributed by atoms with Gasteiger partial charge in [0.25, 0.3) is 0 Å². The Morgan fingerprint density at radius 3 is 2.40 bits per heavy atom. The zero-order chi connectivity index (χ0) is 17.8. The van der Waals surface area contributed by atoms with Gasteiger partial charge in [-0.25, -0.2) is 9.97 Å². The Morgan fingerprint density at radius 1 is 0.960 bits per heavy atom. The summed E-state index contributed by atoms with van der Waals surface area (Å²) in [7, 11) is 0. The Labute approximate surface area is 144 Å². The second kappa shape index (κ2) is 6.92. The number of carbonyl (C=O) groups excluding carboxylic acids is 2. The normalized spacial score (nSPS) is 10.3. The van der Waals surface area contributed by atoms with E-state index in [0.29, 0.717) is 22.6 Å². The topological polar surface area (TPSA) is 98.0 Å². The first-order chi connectivity index (χ1) is 12.0. The van der Waals surface area contributed by atoms with Crippen LogP contribution in [0.25, 0.3) is 11.3 Å². The monoisotopic (exact) mass is 332 g/mol. The number of Topliss-reactive ketones (excluding diaryl/α,β-unsaturated/α-hetero) is 1. The lowest BCUT2D eigenvalue weighted by Crippen LogP contribution is -2.10. The Morgan fingerprint density at radius 2 is 1.72 bits per heavy atom. The fourth-order valence-corrected chi connectivity index (χ4v) is 2.35. The average molecular weight is 332 g/mol. The van der Waals surface area contributed by atoms with Gasteiger partial charge in [-0.05, 0) is 37.3 Å². The molecule has 0 aliphatic rings. The minimum absolute atomic E-state index is 0.00351. The third-order valence-electron chi connectivity index (χ3n) is 3.67. The molecule has 0 bridgehead atoms. The van der Waals surface area contributed by atoms with Crippen LogP contribution in [0, 0.1) is 0 Å². The minimum Gasteiger partial charge on any atom is -0.366 e. The lowest BCUT2D eigenvalue weighted by Gasteiger charge is -2.08. The predicted octanol–water partition coefficient (Wildman–Crippen LogP) is 3.19. The van der Waals surface area contributed by atoms with Gasteiger partial charge >= 0.3 is 0 Å². The van der Waals surface area contributed by atoms with Crippen molar-refractivity contribution < 1.29 is 9.59 Å². The number of rotatable bonds is 5. The van der Waals surface area contributed by atoms with Crippen LogP contribution in [0.3, 0.4) is 0 Å². The van der Waals surface area contributed by atoms with Gasteiger partial charge in [0.15, 0.2) is 5.78 Å². The Balaban J connectivity index is 1.85. The molecule has 1 amide bonds. The van der Waals surface area contributed by atoms with E-state index in [4.69, 9.17) is 5.73 Å². The van der Waals surface area contributed by atoms with Crippen LogP contribution in [0.15, 0.2) is 60.9 Å². The smallest absolute Gasteiger partial charge is 0.248 e. The number of ketones is 1. The number of hydrogen-bond acceptors (Lipinski definition) is 5. The van der Waals surface area contributed by atoms with Crippen LogP contribution >= 0.6 is 0 Å². The van der Waals surface area contributed by atoms with Crippen LogP contribution in [0.1, 0.15) is 27.6 Å². The molecule has 25 heavy (non-hydrogen) atoms. The maximum absolute atomic E-state index is 11.5. The second-order valence-corrected chi connectivity index (χ2v) is 5.49. The Kier molecular flexibility index (Phi) is 4.52. The first kappa shape index (κ1) is 16.3. The molecule has 0 unspecified atom stereocenters. The summed E-state index contributed by atoms with van der Waals surface area (Å²) in [4.78, 5) is 31.1. The SMILES string of the molecule is CC(=O)c1cccc(-c2cc(Nc3ccc(C(N)=O)cc3)ncn2)c1. The van der Waals surface area contributed by atoms with E-state index < -0.39 is 5.91 Å². The number of nitrogens with two attached hydrogens (primary N) is 1. The van der Waals surface area contributed by atoms with Crippen molar-refractivity contribution in [2.45, 2.75) is 6.92 Å². The minimum atomic E-state index is -0.471. The highest BCUT2D eigenvalue weighted by atomic mass is 16.1. The number of hydrogen-bond donors (Lipinski definition) is 2. The highest BCUT2D eigenvalue weighted by Crippen LogP contribution is 2.22. The molecule has 6 heteroatoms. The third kappa shape index (κ3) is 3.87. The fourth-order valence-electron chi connectivity index (χ4n) is 2.35. The molecule has 0 saturated carbocycles. The number of amides is 1. The third-order valence-corrected chi connectivity index (χ3v) is 3.67. The summed E-state index contributed by atoms with van der Waals surface area (Å²) in [6.07, 6.45) is 1.45. The number of benzene rings is 2. The van der Waals surface area contributed by atoms with E-state index in [0.717, 1.165) is 11.3 Å². The van der Waals surface area contributed by atoms with E-state index in [2.05, 4.69) is 15.3 Å². The molecule has 3 aromatic rings. The number of carbonyl (C=O) groups is 2. The Bertz CT molecular complexity index is 936. The molecule has 0 aliphatic heterocycles. The number of aromatic nitrogens is 2. The molecular weight excluding hydrogens is 316 g/mol. The molecule has 0 spiro atoms. The van der Waals surface area contributed by atoms with Crippen LogP contribution in [0.5, 0.6) is 0 Å². The van der Waals surface area contributed by atoms with Crippen LogP contribution < -0.4 is 11.1 Å². The average Bonchev–Trinajstić information content (AvgIpc) is 2.62. The zero-order valence-electron chi connectivity index (χ0n) is 13.6. The molecule has 1 aromatic heterocycles. The van der Waals surface area contributed by atoms with Crippen molar-refractivity contribution in [3.63, 3.8) is 0 Å². The van der Waals surface area contributed by atoms with Gasteiger partial charge < -0.3 is 11.1 Å². The lowest BCUT2D eigenvalue weighted by molar-refractivity contribution is 0.0996. The fraction of sp³-hybridized carbons (Fsp3) is 0.0526. The molecule has 124 valence electrons. The molecule has 0 radical (unpaired) electrons. The Hall–Kier alpha value is -3.54. The van der Waals surface area contributed by atoms with Gasteiger partial charge in [0, 0.05) is 28.4 Å². The quantitative estimate of drug-likeness (QED) is 0.699. The van der Waals surface area contributed by atoms with Crippen molar-refractivity contribution in [1.29, 1.82) is 0 Å². The highest BCUT2D eigenvalue weighted by molar-refractivity contribution is 5.95. The van der Waals surface area contributed by atoms with Crippen molar-refractivity contribution in [3.8, 4) is 11.3 Å². The summed E-state index contributed by atoms with van der Waals surface area (Å²) in [5.74, 6) is 0.134. The lowest BCUT2D eigenvalue weighted by atomic mass is 10.1. The van der Waals surface area contributed by atoms with Gasteiger partial charge in [-0.2, -0.15) is 0 Å². The maximum atomic E-state index is 11.5. The molecule has 1 heterocycles. The van der Waals surface area contributed by atoms with Crippen LogP contribution in [-0.2, 0) is 0 Å². The highest BCUT2D eigenvalue weighted by Gasteiger charge is 2.06. The summed E-state index contributed by atoms with van der Waals surface area (Å²) in [5, 5.41) is 3.15. The maximum Gasteiger partial charge on any atom is 0.248 e. The van der Waals surface area contributed by atoms with Crippen molar-refractivity contribution in [2.24, 2.45) is 5.73 Å². The van der Waals surface area contributed by atoms with Crippen molar-refractivity contribution in [3.05, 3.63) is 72.1 Å². The van der Waals surface area contributed by atoms with Gasteiger partial charge in [0.1, 0.15) is 12.1 Å². The number of anilines is 2. The van der Waals surface area contributed by atoms with E-state index >= 15 is 0 Å². The van der Waals surface area contributed by atoms with E-state index in [-0.39, 0.29) is 5.78 Å². The number of nitrogens with one attached hydrogen (secondary N) is 1. The number of nitrogens with zero attached hydrogens (tertiary/aromatic N) is 2. The van der Waals surface area contributed by atoms with Gasteiger partial charge in [-0.15, -0.1) is 0 Å². The van der Waals surface area contributed by atoms with E-state index in [1.165, 1.54) is 13.3 Å². The summed E-state index contributed by atoms with van der Waals surface area (Å²) in [6.45, 7) is 1.53. The van der Waals surface area contributed by atoms with Crippen LogP contribution in [-0.4, -0.2) is 21.7 Å². The van der Waals surface area contributed by atoms with Crippen LogP contribution in [0.2, 0.25) is 0 Å². The largest absolute Gasteiger partial charge is 0.366 e. The van der Waals surface area contributed by atoms with Gasteiger partial charge in [0.05, 0.1) is 5.69 Å². The van der Waals surface area contributed by atoms with Gasteiger partial charge in [-0.3, -0.25) is 9.59 Å². The van der Waals surface area contributed by atoms with E-state index in [1.54, 1.807) is 42.5 Å². The van der Waals surface area contributed by atoms with Gasteiger partial charge in [0.2, 0.25) is 5.91 Å². The summed E-state index contributed by atoms with van der Waals surface area (Å²) < 4.78 is 0. The molecule has 3 N–H and O–H groups in total. The molecule has 0 aliphatic carbocycles. The second-order valence-electron chi connectivity index (χ2n) is 5.49. The summed E-state index contributed by atoms with van der Waals surface area (Å²) in [6, 6.07) is 15.9. The first-order valence-corrected chi connectivity index (χ1v) is 7.63. The van der Waals surface area contributed by atoms with Crippen LogP contribution in [0.4, 0.5) is 11.5 Å². The predicted molar refractivity (Wildman–Crippen MR) is 95.7 cm³/mol. The number of primary amides is 1. The molecule has 6 nitrogen and oxygen atoms in total.